The number of hydrogen-bond acceptors (Lipinski definition) is 3. The maximum Gasteiger partial charge on any atom is 0.256 e. The minimum Gasteiger partial charge on any atom is -0.493 e. The van der Waals surface area contributed by atoms with Gasteiger partial charge in [0.1, 0.15) is 11.4 Å². The van der Waals surface area contributed by atoms with Crippen LogP contribution in [0.15, 0.2) is 12.1 Å². The molecule has 154 valence electrons. The van der Waals surface area contributed by atoms with Crippen molar-refractivity contribution in [3.8, 4) is 5.75 Å². The molecule has 0 aliphatic heterocycles. The van der Waals surface area contributed by atoms with Gasteiger partial charge in [-0.1, -0.05) is 34.6 Å². The lowest BCUT2D eigenvalue weighted by atomic mass is 9.83. The highest BCUT2D eigenvalue weighted by Gasteiger charge is 2.40. The Morgan fingerprint density at radius 1 is 1.04 bits per heavy atom. The van der Waals surface area contributed by atoms with Crippen molar-refractivity contribution in [2.75, 3.05) is 18.5 Å². The normalized spacial score (nSPS) is 11.9. The van der Waals surface area contributed by atoms with Crippen LogP contribution in [-0.2, 0) is 9.53 Å². The number of carbonyl (C=O) groups excluding carboxylic acids is 1. The first kappa shape index (κ1) is 23.5. The van der Waals surface area contributed by atoms with Gasteiger partial charge in [0.15, 0.2) is 0 Å². The van der Waals surface area contributed by atoms with E-state index in [1.165, 1.54) is 0 Å². The molecule has 0 aliphatic rings. The monoisotopic (exact) mass is 377 g/mol. The number of benzene rings is 1. The van der Waals surface area contributed by atoms with Crippen LogP contribution in [0.4, 0.5) is 5.69 Å². The molecule has 0 aliphatic carbocycles. The van der Waals surface area contributed by atoms with Crippen LogP contribution in [0.2, 0.25) is 0 Å². The Morgan fingerprint density at radius 3 is 1.96 bits per heavy atom. The Labute approximate surface area is 166 Å². The van der Waals surface area contributed by atoms with Crippen molar-refractivity contribution in [1.82, 2.24) is 0 Å². The number of amides is 1. The lowest BCUT2D eigenvalue weighted by Gasteiger charge is -2.35. The maximum atomic E-state index is 13.4. The van der Waals surface area contributed by atoms with Crippen molar-refractivity contribution in [3.63, 3.8) is 0 Å². The molecular weight excluding hydrogens is 338 g/mol. The number of aryl methyl sites for hydroxylation is 2. The van der Waals surface area contributed by atoms with Gasteiger partial charge in [-0.3, -0.25) is 4.79 Å². The summed E-state index contributed by atoms with van der Waals surface area (Å²) in [7, 11) is 0. The highest BCUT2D eigenvalue weighted by molar-refractivity contribution is 5.97. The average Bonchev–Trinajstić information content (AvgIpc) is 2.54. The van der Waals surface area contributed by atoms with Gasteiger partial charge in [-0.15, -0.1) is 0 Å². The molecule has 0 saturated carbocycles. The predicted octanol–water partition coefficient (Wildman–Crippen LogP) is 5.90. The van der Waals surface area contributed by atoms with Crippen molar-refractivity contribution in [2.24, 2.45) is 11.8 Å². The second-order valence-electron chi connectivity index (χ2n) is 8.36. The van der Waals surface area contributed by atoms with E-state index in [0.29, 0.717) is 37.9 Å². The summed E-state index contributed by atoms with van der Waals surface area (Å²) < 4.78 is 11.9. The molecule has 1 N–H and O–H groups in total. The van der Waals surface area contributed by atoms with Gasteiger partial charge < -0.3 is 14.8 Å². The van der Waals surface area contributed by atoms with Gasteiger partial charge >= 0.3 is 0 Å². The largest absolute Gasteiger partial charge is 0.493 e. The Hall–Kier alpha value is -1.55. The van der Waals surface area contributed by atoms with Crippen LogP contribution in [0.1, 0.15) is 71.9 Å². The number of nitrogens with one attached hydrogen (secondary N) is 1. The summed E-state index contributed by atoms with van der Waals surface area (Å²) in [5, 5.41) is 3.13. The summed E-state index contributed by atoms with van der Waals surface area (Å²) in [6.07, 6.45) is 2.32. The van der Waals surface area contributed by atoms with Crippen molar-refractivity contribution in [2.45, 2.75) is 80.3 Å². The van der Waals surface area contributed by atoms with Gasteiger partial charge in [-0.2, -0.15) is 0 Å². The third-order valence-corrected chi connectivity index (χ3v) is 4.48. The van der Waals surface area contributed by atoms with E-state index in [1.807, 2.05) is 32.9 Å². The molecule has 0 spiro atoms. The minimum atomic E-state index is -0.793. The summed E-state index contributed by atoms with van der Waals surface area (Å²) in [6, 6.07) is 3.95. The van der Waals surface area contributed by atoms with Crippen molar-refractivity contribution in [3.05, 3.63) is 23.3 Å². The molecule has 0 heterocycles. The van der Waals surface area contributed by atoms with Gasteiger partial charge in [-0.05, 0) is 75.1 Å². The van der Waals surface area contributed by atoms with E-state index < -0.39 is 5.60 Å². The molecule has 0 radical (unpaired) electrons. The number of carbonyl (C=O) groups is 1. The Bertz CT molecular complexity index is 575. The first-order chi connectivity index (χ1) is 12.6. The summed E-state index contributed by atoms with van der Waals surface area (Å²) in [4.78, 5) is 13.4. The topological polar surface area (TPSA) is 47.6 Å². The fourth-order valence-electron chi connectivity index (χ4n) is 3.71. The number of anilines is 1. The zero-order valence-electron chi connectivity index (χ0n) is 18.6. The fraction of sp³-hybridized carbons (Fsp3) is 0.696. The van der Waals surface area contributed by atoms with E-state index in [-0.39, 0.29) is 5.91 Å². The number of hydrogen-bond donors (Lipinski definition) is 1. The van der Waals surface area contributed by atoms with Crippen molar-refractivity contribution in [1.29, 1.82) is 0 Å². The molecule has 0 bridgehead atoms. The third kappa shape index (κ3) is 6.84. The van der Waals surface area contributed by atoms with Crippen LogP contribution in [0.3, 0.4) is 0 Å². The Balaban J connectivity index is 3.17. The van der Waals surface area contributed by atoms with Gasteiger partial charge in [0.05, 0.1) is 6.61 Å². The molecule has 0 aromatic heterocycles. The third-order valence-electron chi connectivity index (χ3n) is 4.48. The zero-order chi connectivity index (χ0) is 20.6. The highest BCUT2D eigenvalue weighted by atomic mass is 16.5. The van der Waals surface area contributed by atoms with Crippen LogP contribution >= 0.6 is 0 Å². The predicted molar refractivity (Wildman–Crippen MR) is 114 cm³/mol. The van der Waals surface area contributed by atoms with E-state index in [0.717, 1.165) is 29.0 Å². The fourth-order valence-corrected chi connectivity index (χ4v) is 3.71. The molecule has 0 unspecified atom stereocenters. The summed E-state index contributed by atoms with van der Waals surface area (Å²) >= 11 is 0. The molecule has 4 heteroatoms. The molecular formula is C23H39NO3. The van der Waals surface area contributed by atoms with Crippen molar-refractivity contribution < 1.29 is 14.3 Å². The van der Waals surface area contributed by atoms with Crippen LogP contribution in [-0.4, -0.2) is 24.7 Å². The van der Waals surface area contributed by atoms with Gasteiger partial charge in [-0.25, -0.2) is 0 Å². The molecule has 0 atom stereocenters. The van der Waals surface area contributed by atoms with Gasteiger partial charge in [0.25, 0.3) is 5.91 Å². The number of ether oxygens (including phenoxy) is 2. The average molecular weight is 378 g/mol. The summed E-state index contributed by atoms with van der Waals surface area (Å²) in [6.45, 7) is 17.9. The van der Waals surface area contributed by atoms with Crippen LogP contribution < -0.4 is 10.1 Å². The van der Waals surface area contributed by atoms with Gasteiger partial charge in [0, 0.05) is 12.3 Å². The number of rotatable bonds is 11. The maximum absolute atomic E-state index is 13.4. The van der Waals surface area contributed by atoms with E-state index in [9.17, 15) is 4.79 Å². The first-order valence-corrected chi connectivity index (χ1v) is 10.3. The first-order valence-electron chi connectivity index (χ1n) is 10.3. The Kier molecular flexibility index (Phi) is 9.31. The van der Waals surface area contributed by atoms with Crippen LogP contribution in [0, 0.1) is 25.7 Å². The molecule has 1 amide bonds. The van der Waals surface area contributed by atoms with Crippen molar-refractivity contribution >= 4 is 11.6 Å². The second kappa shape index (κ2) is 10.7. The molecule has 1 aromatic rings. The summed E-state index contributed by atoms with van der Waals surface area (Å²) in [5.41, 5.74) is 2.06. The Morgan fingerprint density at radius 2 is 1.56 bits per heavy atom. The van der Waals surface area contributed by atoms with E-state index in [1.54, 1.807) is 0 Å². The van der Waals surface area contributed by atoms with Crippen LogP contribution in [0.5, 0.6) is 5.75 Å². The van der Waals surface area contributed by atoms with E-state index in [4.69, 9.17) is 9.47 Å². The summed E-state index contributed by atoms with van der Waals surface area (Å²) in [5.74, 6) is 1.60. The minimum absolute atomic E-state index is 0.0405. The van der Waals surface area contributed by atoms with E-state index >= 15 is 0 Å². The van der Waals surface area contributed by atoms with E-state index in [2.05, 4.69) is 39.9 Å². The molecule has 0 fully saturated rings. The molecule has 4 nitrogen and oxygen atoms in total. The molecule has 0 saturated heterocycles. The molecule has 1 rings (SSSR count). The highest BCUT2D eigenvalue weighted by Crippen LogP contribution is 2.32. The lowest BCUT2D eigenvalue weighted by Crippen LogP contribution is -2.48. The standard InChI is InChI=1S/C23H39NO3/c1-9-11-27-23(14-16(3)4,15-17(5)6)22(25)24-20-12-18(7)21(26-10-2)19(8)13-20/h12-13,16-17H,9-11,14-15H2,1-8H3,(H,24,25). The quantitative estimate of drug-likeness (QED) is 0.522. The smallest absolute Gasteiger partial charge is 0.256 e. The zero-order valence-corrected chi connectivity index (χ0v) is 18.6. The molecule has 1 aromatic carbocycles. The molecule has 27 heavy (non-hydrogen) atoms. The second-order valence-corrected chi connectivity index (χ2v) is 8.36. The lowest BCUT2D eigenvalue weighted by molar-refractivity contribution is -0.147. The SMILES string of the molecule is CCCOC(CC(C)C)(CC(C)C)C(=O)Nc1cc(C)c(OCC)c(C)c1. The van der Waals surface area contributed by atoms with Crippen LogP contribution in [0.25, 0.3) is 0 Å². The van der Waals surface area contributed by atoms with Gasteiger partial charge in [0.2, 0.25) is 0 Å².